The summed E-state index contributed by atoms with van der Waals surface area (Å²) in [5.41, 5.74) is 2.14. The van der Waals surface area contributed by atoms with Crippen molar-refractivity contribution in [1.29, 1.82) is 0 Å². The summed E-state index contributed by atoms with van der Waals surface area (Å²) in [5.74, 6) is 0. The minimum absolute atomic E-state index is 0.346. The number of benzene rings is 1. The fourth-order valence-electron chi connectivity index (χ4n) is 2.08. The van der Waals surface area contributed by atoms with Gasteiger partial charge in [-0.3, -0.25) is 0 Å². The smallest absolute Gasteiger partial charge is 0.209 e. The van der Waals surface area contributed by atoms with E-state index in [2.05, 4.69) is 14.9 Å². The first-order valence-corrected chi connectivity index (χ1v) is 7.93. The van der Waals surface area contributed by atoms with Crippen molar-refractivity contribution >= 4 is 15.7 Å². The third kappa shape index (κ3) is 3.69. The summed E-state index contributed by atoms with van der Waals surface area (Å²) in [7, 11) is -3.15. The average molecular weight is 269 g/mol. The van der Waals surface area contributed by atoms with Gasteiger partial charge in [0.2, 0.25) is 10.0 Å². The van der Waals surface area contributed by atoms with Crippen LogP contribution in [0.2, 0.25) is 0 Å². The molecule has 0 spiro atoms. The molecule has 1 heterocycles. The predicted octanol–water partition coefficient (Wildman–Crippen LogP) is 0.145. The maximum absolute atomic E-state index is 11.2. The Hall–Kier alpha value is -1.11. The van der Waals surface area contributed by atoms with E-state index in [1.165, 1.54) is 6.26 Å². The Labute approximate surface area is 108 Å². The molecule has 0 aliphatic carbocycles. The molecule has 0 unspecified atom stereocenters. The molecule has 1 aliphatic rings. The van der Waals surface area contributed by atoms with E-state index in [4.69, 9.17) is 0 Å². The van der Waals surface area contributed by atoms with Crippen LogP contribution in [0.5, 0.6) is 0 Å². The molecule has 1 aromatic rings. The van der Waals surface area contributed by atoms with Gasteiger partial charge in [-0.15, -0.1) is 0 Å². The summed E-state index contributed by atoms with van der Waals surface area (Å²) in [6.45, 7) is 4.19. The maximum Gasteiger partial charge on any atom is 0.209 e. The zero-order valence-electron chi connectivity index (χ0n) is 10.5. The molecule has 0 saturated carbocycles. The van der Waals surface area contributed by atoms with E-state index < -0.39 is 10.0 Å². The van der Waals surface area contributed by atoms with Gasteiger partial charge >= 0.3 is 0 Å². The van der Waals surface area contributed by atoms with E-state index >= 15 is 0 Å². The molecule has 0 atom stereocenters. The topological polar surface area (TPSA) is 61.4 Å². The van der Waals surface area contributed by atoms with Crippen molar-refractivity contribution in [3.8, 4) is 0 Å². The Bertz CT molecular complexity index is 496. The molecule has 2 rings (SSSR count). The van der Waals surface area contributed by atoms with Crippen molar-refractivity contribution in [2.75, 3.05) is 37.3 Å². The highest BCUT2D eigenvalue weighted by molar-refractivity contribution is 7.88. The molecule has 18 heavy (non-hydrogen) atoms. The van der Waals surface area contributed by atoms with Crippen molar-refractivity contribution in [3.63, 3.8) is 0 Å². The molecule has 0 amide bonds. The summed E-state index contributed by atoms with van der Waals surface area (Å²) in [5, 5.41) is 3.31. The first kappa shape index (κ1) is 13.3. The predicted molar refractivity (Wildman–Crippen MR) is 73.2 cm³/mol. The normalized spacial score (nSPS) is 16.8. The van der Waals surface area contributed by atoms with Crippen LogP contribution in [0.4, 0.5) is 5.69 Å². The fraction of sp³-hybridized carbons (Fsp3) is 0.500. The second-order valence-electron chi connectivity index (χ2n) is 4.46. The Morgan fingerprint density at radius 2 is 1.94 bits per heavy atom. The van der Waals surface area contributed by atoms with Crippen LogP contribution >= 0.6 is 0 Å². The van der Waals surface area contributed by atoms with Gasteiger partial charge in [0.15, 0.2) is 0 Å². The SMILES string of the molecule is CS(=O)(=O)NCc1ccccc1N1CCNCC1. The minimum atomic E-state index is -3.15. The lowest BCUT2D eigenvalue weighted by Gasteiger charge is -2.31. The number of hydrogen-bond acceptors (Lipinski definition) is 4. The van der Waals surface area contributed by atoms with Crippen LogP contribution in [0, 0.1) is 0 Å². The van der Waals surface area contributed by atoms with Gasteiger partial charge in [-0.1, -0.05) is 18.2 Å². The molecule has 0 aromatic heterocycles. The highest BCUT2D eigenvalue weighted by atomic mass is 32.2. The van der Waals surface area contributed by atoms with Crippen LogP contribution < -0.4 is 14.9 Å². The molecular formula is C12H19N3O2S. The van der Waals surface area contributed by atoms with Crippen molar-refractivity contribution in [1.82, 2.24) is 10.0 Å². The third-order valence-corrected chi connectivity index (χ3v) is 3.64. The van der Waals surface area contributed by atoms with E-state index in [9.17, 15) is 8.42 Å². The summed E-state index contributed by atoms with van der Waals surface area (Å²) in [6, 6.07) is 7.94. The number of nitrogens with zero attached hydrogens (tertiary/aromatic N) is 1. The Balaban J connectivity index is 2.14. The van der Waals surface area contributed by atoms with Crippen molar-refractivity contribution in [2.45, 2.75) is 6.54 Å². The minimum Gasteiger partial charge on any atom is -0.369 e. The van der Waals surface area contributed by atoms with Crippen LogP contribution in [0.1, 0.15) is 5.56 Å². The number of anilines is 1. The zero-order chi connectivity index (χ0) is 13.0. The number of rotatable bonds is 4. The van der Waals surface area contributed by atoms with Gasteiger partial charge in [0.1, 0.15) is 0 Å². The number of piperazine rings is 1. The van der Waals surface area contributed by atoms with E-state index in [-0.39, 0.29) is 0 Å². The van der Waals surface area contributed by atoms with Gasteiger partial charge in [0.25, 0.3) is 0 Å². The largest absolute Gasteiger partial charge is 0.369 e. The average Bonchev–Trinajstić information content (AvgIpc) is 2.37. The van der Waals surface area contributed by atoms with Crippen molar-refractivity contribution in [3.05, 3.63) is 29.8 Å². The number of sulfonamides is 1. The molecule has 0 bridgehead atoms. The van der Waals surface area contributed by atoms with Crippen LogP contribution in [0.25, 0.3) is 0 Å². The lowest BCUT2D eigenvalue weighted by Crippen LogP contribution is -2.44. The molecule has 5 nitrogen and oxygen atoms in total. The number of nitrogens with one attached hydrogen (secondary N) is 2. The van der Waals surface area contributed by atoms with E-state index in [1.807, 2.05) is 24.3 Å². The molecule has 0 radical (unpaired) electrons. The molecule has 1 aromatic carbocycles. The summed E-state index contributed by atoms with van der Waals surface area (Å²) < 4.78 is 24.9. The molecule has 1 fully saturated rings. The Morgan fingerprint density at radius 1 is 1.28 bits per heavy atom. The third-order valence-electron chi connectivity index (χ3n) is 2.97. The van der Waals surface area contributed by atoms with Crippen LogP contribution in [-0.4, -0.2) is 40.9 Å². The quantitative estimate of drug-likeness (QED) is 0.816. The first-order valence-electron chi connectivity index (χ1n) is 6.04. The van der Waals surface area contributed by atoms with Gasteiger partial charge in [-0.2, -0.15) is 0 Å². The fourth-order valence-corrected chi connectivity index (χ4v) is 2.50. The lowest BCUT2D eigenvalue weighted by molar-refractivity contribution is 0.582. The van der Waals surface area contributed by atoms with E-state index in [0.717, 1.165) is 37.4 Å². The molecule has 2 N–H and O–H groups in total. The molecule has 1 aliphatic heterocycles. The van der Waals surface area contributed by atoms with E-state index in [0.29, 0.717) is 6.54 Å². The Kier molecular flexibility index (Phi) is 4.21. The first-order chi connectivity index (χ1) is 8.56. The lowest BCUT2D eigenvalue weighted by atomic mass is 10.1. The van der Waals surface area contributed by atoms with Gasteiger partial charge in [0.05, 0.1) is 6.26 Å². The molecule has 6 heteroatoms. The van der Waals surface area contributed by atoms with Crippen LogP contribution in [-0.2, 0) is 16.6 Å². The Morgan fingerprint density at radius 3 is 2.61 bits per heavy atom. The monoisotopic (exact) mass is 269 g/mol. The van der Waals surface area contributed by atoms with Gasteiger partial charge in [-0.05, 0) is 11.6 Å². The van der Waals surface area contributed by atoms with Gasteiger partial charge in [0, 0.05) is 38.4 Å². The molecular weight excluding hydrogens is 250 g/mol. The van der Waals surface area contributed by atoms with Crippen LogP contribution in [0.3, 0.4) is 0 Å². The maximum atomic E-state index is 11.2. The molecule has 100 valence electrons. The van der Waals surface area contributed by atoms with E-state index in [1.54, 1.807) is 0 Å². The second-order valence-corrected chi connectivity index (χ2v) is 6.29. The van der Waals surface area contributed by atoms with Crippen molar-refractivity contribution < 1.29 is 8.42 Å². The second kappa shape index (κ2) is 5.69. The number of hydrogen-bond donors (Lipinski definition) is 2. The highest BCUT2D eigenvalue weighted by Gasteiger charge is 2.14. The summed E-state index contributed by atoms with van der Waals surface area (Å²) in [6.07, 6.45) is 1.18. The summed E-state index contributed by atoms with van der Waals surface area (Å²) in [4.78, 5) is 2.29. The van der Waals surface area contributed by atoms with Crippen molar-refractivity contribution in [2.24, 2.45) is 0 Å². The molecule has 1 saturated heterocycles. The standard InChI is InChI=1S/C12H19N3O2S/c1-18(16,17)14-10-11-4-2-3-5-12(11)15-8-6-13-7-9-15/h2-5,13-14H,6-10H2,1H3. The highest BCUT2D eigenvalue weighted by Crippen LogP contribution is 2.20. The summed E-state index contributed by atoms with van der Waals surface area (Å²) >= 11 is 0. The van der Waals surface area contributed by atoms with Crippen LogP contribution in [0.15, 0.2) is 24.3 Å². The van der Waals surface area contributed by atoms with Gasteiger partial charge < -0.3 is 10.2 Å². The van der Waals surface area contributed by atoms with Gasteiger partial charge in [-0.25, -0.2) is 13.1 Å². The zero-order valence-corrected chi connectivity index (χ0v) is 11.3. The number of para-hydroxylation sites is 1.